The predicted molar refractivity (Wildman–Crippen MR) is 78.5 cm³/mol. The zero-order valence-corrected chi connectivity index (χ0v) is 12.2. The summed E-state index contributed by atoms with van der Waals surface area (Å²) in [5.41, 5.74) is 0.708. The highest BCUT2D eigenvalue weighted by Gasteiger charge is 2.29. The summed E-state index contributed by atoms with van der Waals surface area (Å²) < 4.78 is 11.1. The van der Waals surface area contributed by atoms with E-state index in [1.54, 1.807) is 25.3 Å². The van der Waals surface area contributed by atoms with E-state index in [0.29, 0.717) is 31.3 Å². The van der Waals surface area contributed by atoms with Gasteiger partial charge in [0.15, 0.2) is 11.5 Å². The van der Waals surface area contributed by atoms with Crippen LogP contribution in [0.4, 0.5) is 0 Å². The van der Waals surface area contributed by atoms with Crippen molar-refractivity contribution >= 4 is 51.9 Å². The van der Waals surface area contributed by atoms with Crippen molar-refractivity contribution in [2.24, 2.45) is 0 Å². The van der Waals surface area contributed by atoms with Crippen molar-refractivity contribution in [1.29, 1.82) is 0 Å². The van der Waals surface area contributed by atoms with E-state index in [2.05, 4.69) is 0 Å². The second kappa shape index (κ2) is 4.70. The van der Waals surface area contributed by atoms with Gasteiger partial charge in [0.2, 0.25) is 6.79 Å². The zero-order chi connectivity index (χ0) is 13.6. The first kappa shape index (κ1) is 12.8. The van der Waals surface area contributed by atoms with E-state index in [-0.39, 0.29) is 12.7 Å². The molecule has 1 amide bonds. The maximum Gasteiger partial charge on any atom is 0.265 e. The highest BCUT2D eigenvalue weighted by molar-refractivity contribution is 8.26. The van der Waals surface area contributed by atoms with Gasteiger partial charge in [-0.15, -0.1) is 0 Å². The Kier molecular flexibility index (Phi) is 3.16. The highest BCUT2D eigenvalue weighted by atomic mass is 35.5. The lowest BCUT2D eigenvalue weighted by Gasteiger charge is -2.04. The molecular weight excluding hydrogens is 306 g/mol. The molecule has 0 N–H and O–H groups in total. The van der Waals surface area contributed by atoms with Crippen LogP contribution in [0.2, 0.25) is 5.02 Å². The molecule has 3 rings (SSSR count). The summed E-state index contributed by atoms with van der Waals surface area (Å²) in [7, 11) is 1.65. The van der Waals surface area contributed by atoms with Crippen LogP contribution in [0.25, 0.3) is 6.08 Å². The molecule has 19 heavy (non-hydrogen) atoms. The van der Waals surface area contributed by atoms with Gasteiger partial charge >= 0.3 is 0 Å². The minimum absolute atomic E-state index is 0.122. The number of hydrogen-bond acceptors (Lipinski definition) is 5. The van der Waals surface area contributed by atoms with Crippen LogP contribution >= 0.6 is 35.6 Å². The second-order valence-electron chi connectivity index (χ2n) is 3.97. The molecule has 0 aromatic heterocycles. The fraction of sp³-hybridized carbons (Fsp3) is 0.167. The quantitative estimate of drug-likeness (QED) is 0.589. The van der Waals surface area contributed by atoms with Crippen LogP contribution < -0.4 is 9.47 Å². The molecule has 7 heteroatoms. The Balaban J connectivity index is 2.00. The molecule has 2 aliphatic rings. The van der Waals surface area contributed by atoms with Crippen molar-refractivity contribution in [2.75, 3.05) is 13.8 Å². The summed E-state index contributed by atoms with van der Waals surface area (Å²) in [6.45, 7) is 0.187. The third kappa shape index (κ3) is 2.20. The predicted octanol–water partition coefficient (Wildman–Crippen LogP) is 2.90. The monoisotopic (exact) mass is 313 g/mol. The van der Waals surface area contributed by atoms with E-state index in [1.165, 1.54) is 16.7 Å². The summed E-state index contributed by atoms with van der Waals surface area (Å²) in [6.07, 6.45) is 1.72. The van der Waals surface area contributed by atoms with Crippen LogP contribution in [-0.4, -0.2) is 29.0 Å². The summed E-state index contributed by atoms with van der Waals surface area (Å²) in [4.78, 5) is 13.9. The van der Waals surface area contributed by atoms with Crippen LogP contribution in [0.3, 0.4) is 0 Å². The van der Waals surface area contributed by atoms with E-state index in [0.717, 1.165) is 0 Å². The van der Waals surface area contributed by atoms with Crippen LogP contribution in [0.1, 0.15) is 5.56 Å². The molecule has 0 aliphatic carbocycles. The third-order valence-electron chi connectivity index (χ3n) is 2.77. The van der Waals surface area contributed by atoms with Gasteiger partial charge in [0.1, 0.15) is 4.32 Å². The zero-order valence-electron chi connectivity index (χ0n) is 9.81. The first-order valence-corrected chi connectivity index (χ1v) is 6.97. The minimum atomic E-state index is -0.122. The molecule has 0 radical (unpaired) electrons. The SMILES string of the molecule is CN1C(=O)C(=Cc2cc3c(cc2Cl)OCO3)SC1=S. The van der Waals surface area contributed by atoms with E-state index >= 15 is 0 Å². The number of amides is 1. The van der Waals surface area contributed by atoms with Crippen molar-refractivity contribution in [3.8, 4) is 11.5 Å². The number of nitrogens with zero attached hydrogens (tertiary/aromatic N) is 1. The molecule has 2 aliphatic heterocycles. The summed E-state index contributed by atoms with van der Waals surface area (Å²) in [5.74, 6) is 1.12. The van der Waals surface area contributed by atoms with Gasteiger partial charge in [0.25, 0.3) is 5.91 Å². The van der Waals surface area contributed by atoms with Gasteiger partial charge in [0, 0.05) is 13.1 Å². The van der Waals surface area contributed by atoms with E-state index in [4.69, 9.17) is 33.3 Å². The van der Waals surface area contributed by atoms with Gasteiger partial charge in [0.05, 0.1) is 9.93 Å². The maximum absolute atomic E-state index is 11.9. The molecule has 0 unspecified atom stereocenters. The molecule has 1 fully saturated rings. The van der Waals surface area contributed by atoms with Gasteiger partial charge in [-0.05, 0) is 17.7 Å². The molecule has 0 bridgehead atoms. The molecule has 1 aromatic carbocycles. The number of benzene rings is 1. The number of halogens is 1. The number of likely N-dealkylation sites (N-methyl/N-ethyl adjacent to an activating group) is 1. The lowest BCUT2D eigenvalue weighted by atomic mass is 10.2. The molecule has 1 saturated heterocycles. The largest absolute Gasteiger partial charge is 0.454 e. The van der Waals surface area contributed by atoms with Crippen molar-refractivity contribution in [2.45, 2.75) is 0 Å². The van der Waals surface area contributed by atoms with Crippen molar-refractivity contribution in [3.05, 3.63) is 27.6 Å². The Hall–Kier alpha value is -1.24. The Morgan fingerprint density at radius 2 is 2.11 bits per heavy atom. The van der Waals surface area contributed by atoms with Crippen LogP contribution in [-0.2, 0) is 4.79 Å². The van der Waals surface area contributed by atoms with Crippen LogP contribution in [0, 0.1) is 0 Å². The van der Waals surface area contributed by atoms with Crippen molar-refractivity contribution < 1.29 is 14.3 Å². The molecule has 4 nitrogen and oxygen atoms in total. The fourth-order valence-corrected chi connectivity index (χ4v) is 3.11. The Morgan fingerprint density at radius 3 is 2.74 bits per heavy atom. The highest BCUT2D eigenvalue weighted by Crippen LogP contribution is 2.39. The van der Waals surface area contributed by atoms with E-state index < -0.39 is 0 Å². The van der Waals surface area contributed by atoms with E-state index in [1.807, 2.05) is 0 Å². The molecule has 0 saturated carbocycles. The van der Waals surface area contributed by atoms with Gasteiger partial charge in [-0.25, -0.2) is 0 Å². The first-order valence-electron chi connectivity index (χ1n) is 5.37. The van der Waals surface area contributed by atoms with E-state index in [9.17, 15) is 4.79 Å². The summed E-state index contributed by atoms with van der Waals surface area (Å²) in [6, 6.07) is 3.44. The number of carbonyl (C=O) groups excluding carboxylic acids is 1. The van der Waals surface area contributed by atoms with Crippen molar-refractivity contribution in [1.82, 2.24) is 4.90 Å². The normalized spacial score (nSPS) is 19.7. The van der Waals surface area contributed by atoms with Crippen LogP contribution in [0.5, 0.6) is 11.5 Å². The topological polar surface area (TPSA) is 38.8 Å². The fourth-order valence-electron chi connectivity index (χ4n) is 1.73. The number of hydrogen-bond donors (Lipinski definition) is 0. The second-order valence-corrected chi connectivity index (χ2v) is 6.05. The lowest BCUT2D eigenvalue weighted by Crippen LogP contribution is -2.22. The van der Waals surface area contributed by atoms with Gasteiger partial charge in [-0.3, -0.25) is 9.69 Å². The number of ether oxygens (including phenoxy) is 2. The average molecular weight is 314 g/mol. The Bertz CT molecular complexity index is 630. The van der Waals surface area contributed by atoms with Gasteiger partial charge in [-0.2, -0.15) is 0 Å². The number of thioether (sulfide) groups is 1. The number of thiocarbonyl (C=S) groups is 1. The van der Waals surface area contributed by atoms with Gasteiger partial charge < -0.3 is 9.47 Å². The van der Waals surface area contributed by atoms with Crippen molar-refractivity contribution in [3.63, 3.8) is 0 Å². The van der Waals surface area contributed by atoms with Gasteiger partial charge in [-0.1, -0.05) is 35.6 Å². The number of fused-ring (bicyclic) bond motifs is 1. The first-order chi connectivity index (χ1) is 9.06. The summed E-state index contributed by atoms with van der Waals surface area (Å²) >= 11 is 12.5. The van der Waals surface area contributed by atoms with Crippen LogP contribution in [0.15, 0.2) is 17.0 Å². The number of carbonyl (C=O) groups is 1. The smallest absolute Gasteiger partial charge is 0.265 e. The maximum atomic E-state index is 11.9. The molecule has 0 atom stereocenters. The lowest BCUT2D eigenvalue weighted by molar-refractivity contribution is -0.121. The Labute approximate surface area is 124 Å². The standard InChI is InChI=1S/C12H8ClNO3S2/c1-14-11(15)10(19-12(14)18)3-6-2-8-9(4-7(6)13)17-5-16-8/h2-4H,5H2,1H3. The third-order valence-corrected chi connectivity index (χ3v) is 4.58. The average Bonchev–Trinajstić information content (AvgIpc) is 2.91. The molecule has 98 valence electrons. The molecule has 1 aromatic rings. The number of rotatable bonds is 1. The molecule has 0 spiro atoms. The summed E-state index contributed by atoms with van der Waals surface area (Å²) in [5, 5.41) is 0.505. The molecular formula is C12H8ClNO3S2. The Morgan fingerprint density at radius 1 is 1.42 bits per heavy atom. The molecule has 2 heterocycles. The minimum Gasteiger partial charge on any atom is -0.454 e.